The molecule has 0 N–H and O–H groups in total. The molecule has 0 saturated heterocycles. The number of hydrogen-bond donors (Lipinski definition) is 0. The van der Waals surface area contributed by atoms with Gasteiger partial charge in [0.25, 0.3) is 0 Å². The first-order valence-electron chi connectivity index (χ1n) is 16.4. The molecule has 0 aliphatic heterocycles. The molecule has 0 saturated carbocycles. The molecule has 224 valence electrons. The summed E-state index contributed by atoms with van der Waals surface area (Å²) in [5.41, 5.74) is 5.83. The second-order valence-corrected chi connectivity index (χ2v) is 13.6. The fraction of sp³-hybridized carbons (Fsp3) is 0. The molecule has 10 rings (SSSR count). The van der Waals surface area contributed by atoms with Crippen LogP contribution in [-0.4, -0.2) is 0 Å². The largest absolute Gasteiger partial charge is 0.310 e. The summed E-state index contributed by atoms with van der Waals surface area (Å²) < 4.78 is 2.67. The van der Waals surface area contributed by atoms with E-state index >= 15 is 0 Å². The molecular weight excluding hydrogens is 599 g/mol. The second-order valence-electron chi connectivity index (χ2n) is 12.5. The molecule has 0 fully saturated rings. The Labute approximate surface area is 282 Å². The Morgan fingerprint density at radius 3 is 1.62 bits per heavy atom. The Hall–Kier alpha value is -5.96. The normalized spacial score (nSPS) is 11.8. The maximum absolute atomic E-state index is 2.40. The maximum Gasteiger partial charge on any atom is 0.0468 e. The van der Waals surface area contributed by atoms with E-state index in [1.165, 1.54) is 74.4 Å². The van der Waals surface area contributed by atoms with Gasteiger partial charge in [0.2, 0.25) is 0 Å². The average molecular weight is 628 g/mol. The Balaban J connectivity index is 1.17. The van der Waals surface area contributed by atoms with E-state index in [1.807, 2.05) is 11.3 Å². The van der Waals surface area contributed by atoms with Gasteiger partial charge in [-0.15, -0.1) is 11.3 Å². The van der Waals surface area contributed by atoms with Gasteiger partial charge in [0.1, 0.15) is 0 Å². The van der Waals surface area contributed by atoms with Crippen molar-refractivity contribution in [2.24, 2.45) is 0 Å². The third-order valence-electron chi connectivity index (χ3n) is 9.80. The van der Waals surface area contributed by atoms with Crippen molar-refractivity contribution < 1.29 is 0 Å². The van der Waals surface area contributed by atoms with E-state index in [2.05, 4.69) is 181 Å². The van der Waals surface area contributed by atoms with E-state index in [-0.39, 0.29) is 0 Å². The van der Waals surface area contributed by atoms with Crippen molar-refractivity contribution in [3.05, 3.63) is 176 Å². The minimum Gasteiger partial charge on any atom is -0.310 e. The third kappa shape index (κ3) is 4.31. The zero-order valence-electron chi connectivity index (χ0n) is 26.1. The van der Waals surface area contributed by atoms with Crippen molar-refractivity contribution in [1.29, 1.82) is 0 Å². The van der Waals surface area contributed by atoms with Gasteiger partial charge in [-0.05, 0) is 103 Å². The summed E-state index contributed by atoms with van der Waals surface area (Å²) in [6.45, 7) is 0. The first-order chi connectivity index (χ1) is 23.8. The molecular formula is C46H29NS. The van der Waals surface area contributed by atoms with E-state index in [0.29, 0.717) is 0 Å². The monoisotopic (exact) mass is 627 g/mol. The molecule has 0 aliphatic carbocycles. The zero-order valence-corrected chi connectivity index (χ0v) is 26.9. The number of anilines is 3. The molecule has 48 heavy (non-hydrogen) atoms. The smallest absolute Gasteiger partial charge is 0.0468 e. The lowest BCUT2D eigenvalue weighted by Crippen LogP contribution is -2.10. The van der Waals surface area contributed by atoms with Crippen molar-refractivity contribution in [1.82, 2.24) is 0 Å². The molecule has 1 heterocycles. The fourth-order valence-electron chi connectivity index (χ4n) is 7.52. The lowest BCUT2D eigenvalue weighted by molar-refractivity contribution is 1.29. The van der Waals surface area contributed by atoms with Crippen LogP contribution < -0.4 is 4.90 Å². The predicted octanol–water partition coefficient (Wildman–Crippen LogP) is 13.8. The first-order valence-corrected chi connectivity index (χ1v) is 17.2. The van der Waals surface area contributed by atoms with Gasteiger partial charge in [-0.2, -0.15) is 0 Å². The lowest BCUT2D eigenvalue weighted by Gasteiger charge is -2.26. The fourth-order valence-corrected chi connectivity index (χ4v) is 8.64. The van der Waals surface area contributed by atoms with E-state index < -0.39 is 0 Å². The molecule has 9 aromatic carbocycles. The van der Waals surface area contributed by atoms with Crippen molar-refractivity contribution in [3.63, 3.8) is 0 Å². The van der Waals surface area contributed by atoms with Crippen LogP contribution in [0.5, 0.6) is 0 Å². The van der Waals surface area contributed by atoms with E-state index in [1.54, 1.807) is 0 Å². The molecule has 1 nitrogen and oxygen atoms in total. The first kappa shape index (κ1) is 27.2. The highest BCUT2D eigenvalue weighted by Gasteiger charge is 2.17. The number of hydrogen-bond acceptors (Lipinski definition) is 2. The SMILES string of the molecule is c1ccc(-c2ccc(N(c3ccc4c(ccc5ccc6ccccc6c54)c3)c3ccc4c(ccc5sc6ccccc6c54)c3)cc2)cc1. The third-order valence-corrected chi connectivity index (χ3v) is 10.9. The van der Waals surface area contributed by atoms with Crippen molar-refractivity contribution >= 4 is 91.7 Å². The minimum atomic E-state index is 1.13. The van der Waals surface area contributed by atoms with E-state index in [4.69, 9.17) is 0 Å². The van der Waals surface area contributed by atoms with Gasteiger partial charge in [-0.1, -0.05) is 127 Å². The van der Waals surface area contributed by atoms with Gasteiger partial charge in [0.15, 0.2) is 0 Å². The highest BCUT2D eigenvalue weighted by Crippen LogP contribution is 2.43. The van der Waals surface area contributed by atoms with Gasteiger partial charge in [0, 0.05) is 37.2 Å². The summed E-state index contributed by atoms with van der Waals surface area (Å²) in [7, 11) is 0. The molecule has 2 heteroatoms. The number of thiophene rings is 1. The van der Waals surface area contributed by atoms with Crippen LogP contribution in [0.1, 0.15) is 0 Å². The van der Waals surface area contributed by atoms with Crippen molar-refractivity contribution in [2.75, 3.05) is 4.90 Å². The van der Waals surface area contributed by atoms with Crippen LogP contribution >= 0.6 is 11.3 Å². The zero-order chi connectivity index (χ0) is 31.6. The standard InChI is InChI=1S/C46H29NS/c1-2-8-30(9-3-1)31-18-21-36(22-19-31)47(38-24-26-41-35(29-38)20-27-44-46(41)42-12-6-7-13-43(42)48-44)37-23-25-40-34(28-37)17-16-33-15-14-32-10-4-5-11-39(32)45(33)40/h1-29H. The van der Waals surface area contributed by atoms with E-state index in [9.17, 15) is 0 Å². The molecule has 0 bridgehead atoms. The highest BCUT2D eigenvalue weighted by atomic mass is 32.1. The van der Waals surface area contributed by atoms with Gasteiger partial charge in [-0.3, -0.25) is 0 Å². The lowest BCUT2D eigenvalue weighted by atomic mass is 9.96. The Kier molecular flexibility index (Phi) is 6.12. The average Bonchev–Trinajstić information content (AvgIpc) is 3.54. The maximum atomic E-state index is 2.40. The molecule has 1 aromatic heterocycles. The van der Waals surface area contributed by atoms with Crippen LogP contribution in [0, 0.1) is 0 Å². The Morgan fingerprint density at radius 2 is 0.854 bits per heavy atom. The van der Waals surface area contributed by atoms with Gasteiger partial charge < -0.3 is 4.90 Å². The summed E-state index contributed by atoms with van der Waals surface area (Å²) in [5, 5.41) is 12.9. The summed E-state index contributed by atoms with van der Waals surface area (Å²) in [4.78, 5) is 2.40. The summed E-state index contributed by atoms with van der Waals surface area (Å²) in [6, 6.07) is 64.5. The number of fused-ring (bicyclic) bond motifs is 10. The van der Waals surface area contributed by atoms with Crippen molar-refractivity contribution in [2.45, 2.75) is 0 Å². The van der Waals surface area contributed by atoms with Crippen LogP contribution in [0.2, 0.25) is 0 Å². The molecule has 0 atom stereocenters. The van der Waals surface area contributed by atoms with Crippen LogP contribution in [0.15, 0.2) is 176 Å². The molecule has 0 unspecified atom stereocenters. The quantitative estimate of drug-likeness (QED) is 0.176. The molecule has 0 amide bonds. The summed E-state index contributed by atoms with van der Waals surface area (Å²) in [6.07, 6.45) is 0. The number of rotatable bonds is 4. The van der Waals surface area contributed by atoms with Crippen molar-refractivity contribution in [3.8, 4) is 11.1 Å². The highest BCUT2D eigenvalue weighted by molar-refractivity contribution is 7.26. The van der Waals surface area contributed by atoms with Crippen LogP contribution in [0.4, 0.5) is 17.1 Å². The van der Waals surface area contributed by atoms with Crippen LogP contribution in [0.25, 0.3) is 74.4 Å². The Morgan fingerprint density at radius 1 is 0.312 bits per heavy atom. The van der Waals surface area contributed by atoms with Gasteiger partial charge >= 0.3 is 0 Å². The van der Waals surface area contributed by atoms with Crippen LogP contribution in [-0.2, 0) is 0 Å². The molecule has 0 spiro atoms. The molecule has 0 radical (unpaired) electrons. The second kappa shape index (κ2) is 10.8. The number of nitrogens with zero attached hydrogens (tertiary/aromatic N) is 1. The molecule has 10 aromatic rings. The Bertz CT molecular complexity index is 2830. The molecule has 0 aliphatic rings. The summed E-state index contributed by atoms with van der Waals surface area (Å²) in [5.74, 6) is 0. The summed E-state index contributed by atoms with van der Waals surface area (Å²) >= 11 is 1.87. The van der Waals surface area contributed by atoms with E-state index in [0.717, 1.165) is 17.1 Å². The minimum absolute atomic E-state index is 1.13. The van der Waals surface area contributed by atoms with Crippen LogP contribution in [0.3, 0.4) is 0 Å². The topological polar surface area (TPSA) is 3.24 Å². The van der Waals surface area contributed by atoms with Gasteiger partial charge in [0.05, 0.1) is 0 Å². The number of benzene rings is 9. The predicted molar refractivity (Wildman–Crippen MR) is 209 cm³/mol. The van der Waals surface area contributed by atoms with Gasteiger partial charge in [-0.25, -0.2) is 0 Å².